The van der Waals surface area contributed by atoms with Gasteiger partial charge in [0.15, 0.2) is 11.5 Å². The molecule has 4 nitrogen and oxygen atoms in total. The van der Waals surface area contributed by atoms with Gasteiger partial charge in [0.1, 0.15) is 12.6 Å². The fourth-order valence-electron chi connectivity index (χ4n) is 1.37. The Hall–Kier alpha value is -1.73. The summed E-state index contributed by atoms with van der Waals surface area (Å²) >= 11 is 0. The van der Waals surface area contributed by atoms with Crippen LogP contribution in [-0.2, 0) is 0 Å². The lowest BCUT2D eigenvalue weighted by molar-refractivity contribution is 0.273. The van der Waals surface area contributed by atoms with E-state index in [1.165, 1.54) is 0 Å². The van der Waals surface area contributed by atoms with Gasteiger partial charge in [-0.2, -0.15) is 5.26 Å². The molecule has 0 bridgehead atoms. The average Bonchev–Trinajstić information content (AvgIpc) is 2.39. The van der Waals surface area contributed by atoms with Crippen LogP contribution in [0.4, 0.5) is 0 Å². The molecule has 0 saturated heterocycles. The smallest absolute Gasteiger partial charge is 0.161 e. The van der Waals surface area contributed by atoms with Crippen molar-refractivity contribution < 1.29 is 9.47 Å². The van der Waals surface area contributed by atoms with Crippen molar-refractivity contribution in [1.82, 2.24) is 5.32 Å². The van der Waals surface area contributed by atoms with E-state index in [-0.39, 0.29) is 6.04 Å². The average molecular weight is 234 g/mol. The summed E-state index contributed by atoms with van der Waals surface area (Å²) in [5, 5.41) is 12.0. The van der Waals surface area contributed by atoms with Gasteiger partial charge < -0.3 is 9.47 Å². The van der Waals surface area contributed by atoms with Crippen molar-refractivity contribution in [2.45, 2.75) is 19.4 Å². The molecule has 0 aliphatic carbocycles. The molecule has 0 amide bonds. The fourth-order valence-corrected chi connectivity index (χ4v) is 1.37. The van der Waals surface area contributed by atoms with Gasteiger partial charge in [0.2, 0.25) is 0 Å². The molecule has 0 radical (unpaired) electrons. The Morgan fingerprint density at radius 2 is 2.06 bits per heavy atom. The normalized spacial score (nSPS) is 11.6. The van der Waals surface area contributed by atoms with Crippen molar-refractivity contribution in [2.75, 3.05) is 20.3 Å². The van der Waals surface area contributed by atoms with Crippen LogP contribution < -0.4 is 14.8 Å². The highest BCUT2D eigenvalue weighted by Crippen LogP contribution is 2.25. The molecule has 0 aliphatic heterocycles. The van der Waals surface area contributed by atoms with Crippen LogP contribution in [0.2, 0.25) is 0 Å². The molecule has 0 heterocycles. The van der Waals surface area contributed by atoms with Gasteiger partial charge in [-0.25, -0.2) is 0 Å². The summed E-state index contributed by atoms with van der Waals surface area (Å²) in [4.78, 5) is 0. The lowest BCUT2D eigenvalue weighted by atomic mass is 10.3. The topological polar surface area (TPSA) is 54.3 Å². The molecule has 17 heavy (non-hydrogen) atoms. The van der Waals surface area contributed by atoms with E-state index >= 15 is 0 Å². The van der Waals surface area contributed by atoms with Crippen molar-refractivity contribution in [3.05, 3.63) is 24.3 Å². The molecule has 1 N–H and O–H groups in total. The zero-order valence-electron chi connectivity index (χ0n) is 10.3. The molecular formula is C13H18N2O2. The first-order valence-electron chi connectivity index (χ1n) is 5.70. The summed E-state index contributed by atoms with van der Waals surface area (Å²) in [5.41, 5.74) is 0. The van der Waals surface area contributed by atoms with E-state index in [9.17, 15) is 0 Å². The highest BCUT2D eigenvalue weighted by Gasteiger charge is 2.09. The van der Waals surface area contributed by atoms with Gasteiger partial charge in [-0.3, -0.25) is 5.32 Å². The summed E-state index contributed by atoms with van der Waals surface area (Å²) < 4.78 is 10.7. The maximum absolute atomic E-state index is 8.93. The highest BCUT2D eigenvalue weighted by atomic mass is 16.5. The third-order valence-electron chi connectivity index (χ3n) is 2.27. The molecule has 0 spiro atoms. The van der Waals surface area contributed by atoms with Crippen molar-refractivity contribution in [1.29, 1.82) is 5.26 Å². The summed E-state index contributed by atoms with van der Waals surface area (Å²) in [5.74, 6) is 1.34. The molecule has 1 aromatic carbocycles. The van der Waals surface area contributed by atoms with E-state index in [2.05, 4.69) is 18.3 Å². The molecule has 0 saturated carbocycles. The first-order chi connectivity index (χ1) is 8.31. The second-order valence-corrected chi connectivity index (χ2v) is 3.60. The van der Waals surface area contributed by atoms with Crippen LogP contribution in [-0.4, -0.2) is 26.3 Å². The van der Waals surface area contributed by atoms with Crippen LogP contribution in [0.5, 0.6) is 11.5 Å². The van der Waals surface area contributed by atoms with E-state index in [4.69, 9.17) is 14.7 Å². The molecule has 1 aromatic rings. The van der Waals surface area contributed by atoms with Crippen LogP contribution in [0.15, 0.2) is 24.3 Å². The number of nitrogens with one attached hydrogen (secondary N) is 1. The monoisotopic (exact) mass is 234 g/mol. The SMILES string of the molecule is CCCNC(C#N)COc1ccccc1OC. The highest BCUT2D eigenvalue weighted by molar-refractivity contribution is 5.39. The number of nitriles is 1. The molecule has 1 unspecified atom stereocenters. The molecule has 1 rings (SSSR count). The predicted molar refractivity (Wildman–Crippen MR) is 66.2 cm³/mol. The zero-order chi connectivity index (χ0) is 12.5. The van der Waals surface area contributed by atoms with Crippen LogP contribution in [0.25, 0.3) is 0 Å². The second kappa shape index (κ2) is 7.53. The number of para-hydroxylation sites is 2. The van der Waals surface area contributed by atoms with Gasteiger partial charge in [0.25, 0.3) is 0 Å². The van der Waals surface area contributed by atoms with Gasteiger partial charge in [-0.05, 0) is 25.1 Å². The second-order valence-electron chi connectivity index (χ2n) is 3.60. The number of rotatable bonds is 7. The molecule has 0 fully saturated rings. The van der Waals surface area contributed by atoms with Crippen LogP contribution in [0.3, 0.4) is 0 Å². The number of hydrogen-bond donors (Lipinski definition) is 1. The predicted octanol–water partition coefficient (Wildman–Crippen LogP) is 1.97. The third kappa shape index (κ3) is 4.33. The maximum Gasteiger partial charge on any atom is 0.161 e. The van der Waals surface area contributed by atoms with Crippen LogP contribution in [0.1, 0.15) is 13.3 Å². The first-order valence-corrected chi connectivity index (χ1v) is 5.70. The Labute approximate surface area is 102 Å². The zero-order valence-corrected chi connectivity index (χ0v) is 10.3. The van der Waals surface area contributed by atoms with Gasteiger partial charge in [-0.15, -0.1) is 0 Å². The molecule has 0 aliphatic rings. The van der Waals surface area contributed by atoms with Crippen LogP contribution >= 0.6 is 0 Å². The van der Waals surface area contributed by atoms with Gasteiger partial charge in [0, 0.05) is 0 Å². The minimum atomic E-state index is -0.292. The Morgan fingerprint density at radius 1 is 1.35 bits per heavy atom. The quantitative estimate of drug-likeness (QED) is 0.783. The molecular weight excluding hydrogens is 216 g/mol. The van der Waals surface area contributed by atoms with E-state index in [1.54, 1.807) is 7.11 Å². The molecule has 0 aromatic heterocycles. The Bertz CT molecular complexity index is 374. The lowest BCUT2D eigenvalue weighted by Crippen LogP contribution is -2.33. The number of methoxy groups -OCH3 is 1. The van der Waals surface area contributed by atoms with E-state index in [0.29, 0.717) is 18.1 Å². The number of hydrogen-bond acceptors (Lipinski definition) is 4. The summed E-state index contributed by atoms with van der Waals surface area (Å²) in [6, 6.07) is 9.28. The molecule has 4 heteroatoms. The maximum atomic E-state index is 8.93. The largest absolute Gasteiger partial charge is 0.493 e. The summed E-state index contributed by atoms with van der Waals surface area (Å²) in [6.45, 7) is 3.19. The van der Waals surface area contributed by atoms with Gasteiger partial charge in [0.05, 0.1) is 13.2 Å². The van der Waals surface area contributed by atoms with Gasteiger partial charge >= 0.3 is 0 Å². The van der Waals surface area contributed by atoms with Crippen molar-refractivity contribution >= 4 is 0 Å². The van der Waals surface area contributed by atoms with E-state index in [0.717, 1.165) is 13.0 Å². The Morgan fingerprint density at radius 3 is 2.65 bits per heavy atom. The Kier molecular flexibility index (Phi) is 5.91. The van der Waals surface area contributed by atoms with E-state index in [1.807, 2.05) is 24.3 Å². The number of ether oxygens (including phenoxy) is 2. The van der Waals surface area contributed by atoms with Crippen molar-refractivity contribution in [2.24, 2.45) is 0 Å². The lowest BCUT2D eigenvalue weighted by Gasteiger charge is -2.14. The fraction of sp³-hybridized carbons (Fsp3) is 0.462. The molecule has 1 atom stereocenters. The molecule has 92 valence electrons. The Balaban J connectivity index is 2.51. The standard InChI is InChI=1S/C13H18N2O2/c1-3-8-15-11(9-14)10-17-13-7-5-4-6-12(13)16-2/h4-7,11,15H,3,8,10H2,1-2H3. The minimum absolute atomic E-state index is 0.292. The third-order valence-corrected chi connectivity index (χ3v) is 2.27. The number of nitrogens with zero attached hydrogens (tertiary/aromatic N) is 1. The number of benzene rings is 1. The van der Waals surface area contributed by atoms with Crippen molar-refractivity contribution in [3.63, 3.8) is 0 Å². The van der Waals surface area contributed by atoms with Gasteiger partial charge in [-0.1, -0.05) is 19.1 Å². The first kappa shape index (κ1) is 13.3. The summed E-state index contributed by atoms with van der Waals surface area (Å²) in [6.07, 6.45) is 0.993. The van der Waals surface area contributed by atoms with Crippen molar-refractivity contribution in [3.8, 4) is 17.6 Å². The van der Waals surface area contributed by atoms with E-state index < -0.39 is 0 Å². The summed E-state index contributed by atoms with van der Waals surface area (Å²) in [7, 11) is 1.60. The van der Waals surface area contributed by atoms with Crippen LogP contribution in [0, 0.1) is 11.3 Å². The minimum Gasteiger partial charge on any atom is -0.493 e.